The summed E-state index contributed by atoms with van der Waals surface area (Å²) in [7, 11) is 0. The summed E-state index contributed by atoms with van der Waals surface area (Å²) in [4.78, 5) is 38.3. The molecular formula is C73H112O6. The summed E-state index contributed by atoms with van der Waals surface area (Å²) >= 11 is 0. The molecule has 6 heteroatoms. The van der Waals surface area contributed by atoms with E-state index in [0.29, 0.717) is 19.3 Å². The molecule has 6 nitrogen and oxygen atoms in total. The molecule has 0 spiro atoms. The normalized spacial score (nSPS) is 13.4. The third-order valence-electron chi connectivity index (χ3n) is 12.4. The van der Waals surface area contributed by atoms with Crippen LogP contribution in [0.1, 0.15) is 239 Å². The van der Waals surface area contributed by atoms with Crippen molar-refractivity contribution in [3.8, 4) is 0 Å². The Hall–Kier alpha value is -5.49. The summed E-state index contributed by atoms with van der Waals surface area (Å²) in [5.41, 5.74) is 0. The Balaban J connectivity index is 4.61. The van der Waals surface area contributed by atoms with Gasteiger partial charge in [-0.25, -0.2) is 0 Å². The maximum absolute atomic E-state index is 12.9. The predicted molar refractivity (Wildman–Crippen MR) is 343 cm³/mol. The molecule has 1 atom stereocenters. The Kier molecular flexibility index (Phi) is 60.5. The molecule has 0 amide bonds. The summed E-state index contributed by atoms with van der Waals surface area (Å²) in [5.74, 6) is -1.06. The Labute approximate surface area is 484 Å². The molecule has 1 unspecified atom stereocenters. The Morgan fingerprint density at radius 2 is 0.519 bits per heavy atom. The lowest BCUT2D eigenvalue weighted by Gasteiger charge is -2.18. The van der Waals surface area contributed by atoms with Gasteiger partial charge in [0.25, 0.3) is 0 Å². The maximum atomic E-state index is 12.9. The van der Waals surface area contributed by atoms with Crippen LogP contribution in [0.15, 0.2) is 182 Å². The Morgan fingerprint density at radius 1 is 0.266 bits per heavy atom. The number of hydrogen-bond acceptors (Lipinski definition) is 6. The minimum Gasteiger partial charge on any atom is -0.462 e. The first-order valence-electron chi connectivity index (χ1n) is 31.3. The lowest BCUT2D eigenvalue weighted by Crippen LogP contribution is -2.30. The highest BCUT2D eigenvalue weighted by molar-refractivity contribution is 5.71. The van der Waals surface area contributed by atoms with E-state index in [1.165, 1.54) is 38.5 Å². The van der Waals surface area contributed by atoms with Crippen molar-refractivity contribution in [3.63, 3.8) is 0 Å². The Morgan fingerprint density at radius 3 is 0.823 bits per heavy atom. The SMILES string of the molecule is CC/C=C\C/C=C\C/C=C\C/C=C\C/C=C\C/C=C\CCCCCCC(=O)OCC(COC(=O)CCCCCCCC/C=C\C/C=C\C/C=C\CCCCC)OC(=O)CC/C=C\C/C=C\C/C=C\C/C=C\C/C=C\C/C=C\CC. The first-order chi connectivity index (χ1) is 39.0. The first-order valence-corrected chi connectivity index (χ1v) is 31.3. The van der Waals surface area contributed by atoms with Crippen molar-refractivity contribution >= 4 is 17.9 Å². The summed E-state index contributed by atoms with van der Waals surface area (Å²) < 4.78 is 16.8. The third kappa shape index (κ3) is 63.2. The van der Waals surface area contributed by atoms with Crippen LogP contribution in [0, 0.1) is 0 Å². The Bertz CT molecular complexity index is 1870. The van der Waals surface area contributed by atoms with Crippen molar-refractivity contribution in [1.29, 1.82) is 0 Å². The van der Waals surface area contributed by atoms with E-state index < -0.39 is 12.1 Å². The van der Waals surface area contributed by atoms with Crippen LogP contribution in [-0.2, 0) is 28.6 Å². The van der Waals surface area contributed by atoms with E-state index in [0.717, 1.165) is 154 Å². The molecule has 0 aromatic carbocycles. The minimum absolute atomic E-state index is 0.133. The van der Waals surface area contributed by atoms with Gasteiger partial charge in [0.15, 0.2) is 6.10 Å². The number of carbonyl (C=O) groups excluding carboxylic acids is 3. The summed E-state index contributed by atoms with van der Waals surface area (Å²) in [5, 5.41) is 0. The lowest BCUT2D eigenvalue weighted by atomic mass is 10.1. The van der Waals surface area contributed by atoms with Crippen molar-refractivity contribution < 1.29 is 28.6 Å². The topological polar surface area (TPSA) is 78.9 Å². The zero-order valence-corrected chi connectivity index (χ0v) is 50.3. The monoisotopic (exact) mass is 1080 g/mol. The number of carbonyl (C=O) groups is 3. The zero-order valence-electron chi connectivity index (χ0n) is 50.3. The number of ether oxygens (including phenoxy) is 3. The van der Waals surface area contributed by atoms with Crippen molar-refractivity contribution in [3.05, 3.63) is 182 Å². The predicted octanol–water partition coefficient (Wildman–Crippen LogP) is 21.7. The highest BCUT2D eigenvalue weighted by Crippen LogP contribution is 2.12. The fourth-order valence-corrected chi connectivity index (χ4v) is 7.77. The highest BCUT2D eigenvalue weighted by atomic mass is 16.6. The lowest BCUT2D eigenvalue weighted by molar-refractivity contribution is -0.166. The molecular weight excluding hydrogens is 973 g/mol. The van der Waals surface area contributed by atoms with Gasteiger partial charge in [-0.05, 0) is 148 Å². The van der Waals surface area contributed by atoms with E-state index in [-0.39, 0.29) is 31.6 Å². The molecule has 0 fully saturated rings. The number of unbranched alkanes of at least 4 members (excludes halogenated alkanes) is 13. The molecule has 440 valence electrons. The van der Waals surface area contributed by atoms with Crippen molar-refractivity contribution in [1.82, 2.24) is 0 Å². The van der Waals surface area contributed by atoms with E-state index in [1.807, 2.05) is 12.2 Å². The van der Waals surface area contributed by atoms with Gasteiger partial charge >= 0.3 is 17.9 Å². The number of esters is 3. The maximum Gasteiger partial charge on any atom is 0.306 e. The average Bonchev–Trinajstić information content (AvgIpc) is 3.45. The molecule has 0 saturated carbocycles. The average molecular weight is 1090 g/mol. The molecule has 0 rings (SSSR count). The molecule has 0 saturated heterocycles. The van der Waals surface area contributed by atoms with Crippen molar-refractivity contribution in [2.45, 2.75) is 245 Å². The van der Waals surface area contributed by atoms with Crippen LogP contribution in [-0.4, -0.2) is 37.2 Å². The molecule has 0 aliphatic rings. The fraction of sp³-hybridized carbons (Fsp3) is 0.548. The largest absolute Gasteiger partial charge is 0.462 e. The highest BCUT2D eigenvalue weighted by Gasteiger charge is 2.19. The van der Waals surface area contributed by atoms with Gasteiger partial charge in [0.05, 0.1) is 0 Å². The van der Waals surface area contributed by atoms with Crippen LogP contribution in [0.3, 0.4) is 0 Å². The molecule has 0 bridgehead atoms. The molecule has 0 radical (unpaired) electrons. The molecule has 0 aliphatic carbocycles. The van der Waals surface area contributed by atoms with Gasteiger partial charge in [0.2, 0.25) is 0 Å². The van der Waals surface area contributed by atoms with Gasteiger partial charge < -0.3 is 14.2 Å². The van der Waals surface area contributed by atoms with E-state index in [4.69, 9.17) is 14.2 Å². The smallest absolute Gasteiger partial charge is 0.306 e. The zero-order chi connectivity index (χ0) is 57.1. The number of rotatable bonds is 54. The third-order valence-corrected chi connectivity index (χ3v) is 12.4. The molecule has 0 aromatic heterocycles. The van der Waals surface area contributed by atoms with E-state index >= 15 is 0 Å². The van der Waals surface area contributed by atoms with Crippen LogP contribution < -0.4 is 0 Å². The van der Waals surface area contributed by atoms with Gasteiger partial charge in [-0.3, -0.25) is 14.4 Å². The van der Waals surface area contributed by atoms with Crippen LogP contribution in [0.2, 0.25) is 0 Å². The van der Waals surface area contributed by atoms with Crippen molar-refractivity contribution in [2.75, 3.05) is 13.2 Å². The second-order valence-corrected chi connectivity index (χ2v) is 19.8. The summed E-state index contributed by atoms with van der Waals surface area (Å²) in [6.07, 6.45) is 97.5. The van der Waals surface area contributed by atoms with Crippen LogP contribution >= 0.6 is 0 Å². The second-order valence-electron chi connectivity index (χ2n) is 19.8. The van der Waals surface area contributed by atoms with Gasteiger partial charge in [0, 0.05) is 19.3 Å². The molecule has 79 heavy (non-hydrogen) atoms. The van der Waals surface area contributed by atoms with E-state index in [1.54, 1.807) is 0 Å². The fourth-order valence-electron chi connectivity index (χ4n) is 7.77. The molecule has 0 aromatic rings. The standard InChI is InChI=1S/C73H112O6/c1-4-7-10-13-16-19-22-25-28-31-34-35-36-37-40-42-45-48-51-54-57-60-63-66-72(75)78-69-70(79-73(76)67-64-61-58-55-52-49-46-43-39-33-30-27-24-21-18-15-12-9-6-3)68-77-71(74)65-62-59-56-53-50-47-44-41-38-32-29-26-23-20-17-14-11-8-5-2/h7,9-10,12,16-21,25-30,34-35,37-41,43,45,48-49,52,58,61,70H,4-6,8,11,13-15,22-24,31-33,36,42,44,46-47,50-51,53-57,59-60,62-69H2,1-3H3/b10-7-,12-9-,19-16-,20-17-,21-18-,28-25-,29-26-,30-27-,35-34-,40-37-,41-38-,43-39-,48-45-,52-49-,61-58-. The van der Waals surface area contributed by atoms with Gasteiger partial charge in [-0.1, -0.05) is 254 Å². The quantitative estimate of drug-likeness (QED) is 0.0261. The number of allylic oxidation sites excluding steroid dienone is 30. The second kappa shape index (κ2) is 65.0. The number of hydrogen-bond donors (Lipinski definition) is 0. The minimum atomic E-state index is -0.848. The molecule has 0 aliphatic heterocycles. The van der Waals surface area contributed by atoms with E-state index in [9.17, 15) is 14.4 Å². The molecule has 0 heterocycles. The van der Waals surface area contributed by atoms with Gasteiger partial charge in [0.1, 0.15) is 13.2 Å². The van der Waals surface area contributed by atoms with E-state index in [2.05, 4.69) is 191 Å². The van der Waals surface area contributed by atoms with Crippen LogP contribution in [0.5, 0.6) is 0 Å². The van der Waals surface area contributed by atoms with Crippen LogP contribution in [0.4, 0.5) is 0 Å². The first kappa shape index (κ1) is 73.5. The molecule has 0 N–H and O–H groups in total. The summed E-state index contributed by atoms with van der Waals surface area (Å²) in [6.45, 7) is 6.28. The van der Waals surface area contributed by atoms with Crippen LogP contribution in [0.25, 0.3) is 0 Å². The summed E-state index contributed by atoms with van der Waals surface area (Å²) in [6, 6.07) is 0. The van der Waals surface area contributed by atoms with Gasteiger partial charge in [-0.15, -0.1) is 0 Å². The van der Waals surface area contributed by atoms with Crippen molar-refractivity contribution in [2.24, 2.45) is 0 Å². The van der Waals surface area contributed by atoms with Gasteiger partial charge in [-0.2, -0.15) is 0 Å².